The second-order valence-electron chi connectivity index (χ2n) is 35.1. The highest BCUT2D eigenvalue weighted by Crippen LogP contribution is 2.78. The van der Waals surface area contributed by atoms with Crippen molar-refractivity contribution in [1.29, 1.82) is 0 Å². The van der Waals surface area contributed by atoms with Crippen molar-refractivity contribution in [2.24, 2.45) is 52.8 Å². The van der Waals surface area contributed by atoms with Gasteiger partial charge in [-0.25, -0.2) is 0 Å². The van der Waals surface area contributed by atoms with E-state index in [1.54, 1.807) is 0 Å². The van der Waals surface area contributed by atoms with Crippen LogP contribution in [0.3, 0.4) is 0 Å². The first-order valence-corrected chi connectivity index (χ1v) is 41.0. The van der Waals surface area contributed by atoms with E-state index in [2.05, 4.69) is 19.6 Å². The molecule has 12 unspecified atom stereocenters. The molecule has 12 nitrogen and oxygen atoms in total. The number of ether oxygens (including phenoxy) is 8. The largest absolute Gasteiger partial charge is 0.381 e. The molecule has 14 rings (SSSR count). The van der Waals surface area contributed by atoms with Gasteiger partial charge in [0.2, 0.25) is 0 Å². The highest BCUT2D eigenvalue weighted by Gasteiger charge is 2.74. The minimum Gasteiger partial charge on any atom is -0.381 e. The number of nitrogens with zero attached hydrogens (tertiary/aromatic N) is 4. The van der Waals surface area contributed by atoms with Gasteiger partial charge in [-0.05, 0) is 335 Å². The lowest BCUT2D eigenvalue weighted by molar-refractivity contribution is -0.102. The molecule has 14 saturated carbocycles. The van der Waals surface area contributed by atoms with E-state index in [4.69, 9.17) is 37.9 Å². The maximum absolute atomic E-state index is 6.20. The summed E-state index contributed by atoms with van der Waals surface area (Å²) in [5.74, 6) is 6.80. The molecule has 0 aromatic rings. The zero-order valence-electron chi connectivity index (χ0n) is 60.8. The summed E-state index contributed by atoms with van der Waals surface area (Å²) in [7, 11) is 16.0. The molecule has 0 aliphatic heterocycles. The standard InChI is InChI=1S/C81H140N4O8/c1-86-65-29-9-53(10-30-65)82(54-11-31-66(87-2)32-12-54)61-25-45-73-74-46-26-62(83(55-13-33-67(88-3)34-14-55)56-15-35-68(89-4)36-16-56)50-78(74)81(77(73)49-61)79-51-63(84(57-17-37-69(90-5)38-18-57)58-19-39-70(91-6)40-20-58)27-47-75(79)76-48-28-64(52-80(76)81)85(59-21-41-71(92-7)42-22-59)60-23-43-72(93-8)44-24-60/h53-80H,9-52H2,1-8H3. The summed E-state index contributed by atoms with van der Waals surface area (Å²) in [5, 5.41) is 0. The third-order valence-corrected chi connectivity index (χ3v) is 32.0. The zero-order chi connectivity index (χ0) is 63.7. The number of hydrogen-bond donors (Lipinski definition) is 0. The fourth-order valence-corrected chi connectivity index (χ4v) is 28.0. The van der Waals surface area contributed by atoms with Gasteiger partial charge in [0.05, 0.1) is 48.8 Å². The molecule has 1 spiro atoms. The Labute approximate surface area is 568 Å². The van der Waals surface area contributed by atoms with Crippen molar-refractivity contribution in [1.82, 2.24) is 19.6 Å². The Balaban J connectivity index is 0.895. The van der Waals surface area contributed by atoms with Crippen molar-refractivity contribution < 1.29 is 37.9 Å². The lowest BCUT2D eigenvalue weighted by Crippen LogP contribution is -2.59. The predicted molar refractivity (Wildman–Crippen MR) is 373 cm³/mol. The predicted octanol–water partition coefficient (Wildman–Crippen LogP) is 16.0. The van der Waals surface area contributed by atoms with Crippen LogP contribution in [-0.4, -0.2) is 198 Å². The summed E-state index contributed by atoms with van der Waals surface area (Å²) >= 11 is 0. The average Bonchev–Trinajstić information content (AvgIpc) is 1.51. The van der Waals surface area contributed by atoms with Crippen molar-refractivity contribution in [2.45, 2.75) is 404 Å². The van der Waals surface area contributed by atoms with Gasteiger partial charge in [-0.3, -0.25) is 19.6 Å². The Morgan fingerprint density at radius 2 is 0.301 bits per heavy atom. The first kappa shape index (κ1) is 69.6. The molecule has 12 atom stereocenters. The van der Waals surface area contributed by atoms with Crippen LogP contribution in [0, 0.1) is 52.8 Å². The monoisotopic (exact) mass is 1300 g/mol. The van der Waals surface area contributed by atoms with E-state index in [1.165, 1.54) is 283 Å². The number of methoxy groups -OCH3 is 8. The molecular weight excluding hydrogens is 1160 g/mol. The molecule has 0 N–H and O–H groups in total. The molecule has 14 aliphatic carbocycles. The molecule has 14 aliphatic rings. The second kappa shape index (κ2) is 31.8. The van der Waals surface area contributed by atoms with Crippen LogP contribution < -0.4 is 0 Å². The van der Waals surface area contributed by atoms with Crippen LogP contribution in [0.4, 0.5) is 0 Å². The van der Waals surface area contributed by atoms with E-state index in [9.17, 15) is 0 Å². The van der Waals surface area contributed by atoms with Gasteiger partial charge < -0.3 is 37.9 Å². The molecular formula is C81H140N4O8. The first-order chi connectivity index (χ1) is 45.7. The Morgan fingerprint density at radius 3 is 0.430 bits per heavy atom. The van der Waals surface area contributed by atoms with Crippen LogP contribution in [-0.2, 0) is 37.9 Å². The summed E-state index contributed by atoms with van der Waals surface area (Å²) in [6, 6.07) is 8.28. The van der Waals surface area contributed by atoms with Crippen LogP contribution in [0.5, 0.6) is 0 Å². The fourth-order valence-electron chi connectivity index (χ4n) is 28.0. The van der Waals surface area contributed by atoms with Gasteiger partial charge in [0, 0.05) is 129 Å². The Morgan fingerprint density at radius 1 is 0.172 bits per heavy atom. The zero-order valence-corrected chi connectivity index (χ0v) is 60.8. The summed E-state index contributed by atoms with van der Waals surface area (Å²) in [6.07, 6.45) is 62.0. The summed E-state index contributed by atoms with van der Waals surface area (Å²) < 4.78 is 49.6. The smallest absolute Gasteiger partial charge is 0.0572 e. The van der Waals surface area contributed by atoms with E-state index in [0.29, 0.717) is 127 Å². The number of hydrogen-bond acceptors (Lipinski definition) is 12. The topological polar surface area (TPSA) is 86.8 Å². The lowest BCUT2D eigenvalue weighted by Gasteiger charge is -2.58. The molecule has 0 saturated heterocycles. The van der Waals surface area contributed by atoms with E-state index >= 15 is 0 Å². The third kappa shape index (κ3) is 14.2. The van der Waals surface area contributed by atoms with E-state index in [-0.39, 0.29) is 0 Å². The van der Waals surface area contributed by atoms with Crippen LogP contribution in [0.2, 0.25) is 0 Å². The van der Waals surface area contributed by atoms with Crippen molar-refractivity contribution in [3.05, 3.63) is 0 Å². The molecule has 14 fully saturated rings. The van der Waals surface area contributed by atoms with Gasteiger partial charge in [0.1, 0.15) is 0 Å². The van der Waals surface area contributed by atoms with E-state index in [0.717, 1.165) is 47.3 Å². The van der Waals surface area contributed by atoms with Crippen molar-refractivity contribution >= 4 is 0 Å². The fraction of sp³-hybridized carbons (Fsp3) is 1.00. The SMILES string of the molecule is COC1CCC(N(C2CCC(OC)CC2)C2CCC3C4CCC(N(C5CCC(OC)CC5)C5CCC(OC)CC5)CC4C4(C3C2)C2CC(N(C3CCC(OC)CC3)C3CCC(OC)CC3)CCC2C2CCC(N(C3CCC(OC)CC3)C3CCC(OC)CC3)CC24)CC1. The highest BCUT2D eigenvalue weighted by atomic mass is 16.5. The Hall–Kier alpha value is -0.480. The Bertz CT molecular complexity index is 1830. The molecule has 12 heteroatoms. The van der Waals surface area contributed by atoms with Crippen LogP contribution in [0.1, 0.15) is 283 Å². The third-order valence-electron chi connectivity index (χ3n) is 32.0. The minimum absolute atomic E-state index is 0.375. The number of rotatable bonds is 20. The minimum atomic E-state index is 0.375. The lowest BCUT2D eigenvalue weighted by atomic mass is 9.51. The van der Waals surface area contributed by atoms with Gasteiger partial charge >= 0.3 is 0 Å². The van der Waals surface area contributed by atoms with Gasteiger partial charge in [-0.1, -0.05) is 0 Å². The van der Waals surface area contributed by atoms with Gasteiger partial charge in [0.25, 0.3) is 0 Å². The average molecular weight is 1300 g/mol. The Kier molecular flexibility index (Phi) is 23.8. The summed E-state index contributed by atoms with van der Waals surface area (Å²) in [6.45, 7) is 0. The van der Waals surface area contributed by atoms with Crippen LogP contribution >= 0.6 is 0 Å². The summed E-state index contributed by atoms with van der Waals surface area (Å²) in [5.41, 5.74) is 0.375. The summed E-state index contributed by atoms with van der Waals surface area (Å²) in [4.78, 5) is 13.5. The van der Waals surface area contributed by atoms with Gasteiger partial charge in [-0.2, -0.15) is 0 Å². The molecule has 0 heterocycles. The maximum atomic E-state index is 6.20. The second-order valence-corrected chi connectivity index (χ2v) is 35.1. The van der Waals surface area contributed by atoms with E-state index < -0.39 is 0 Å². The molecule has 0 aromatic carbocycles. The van der Waals surface area contributed by atoms with Crippen LogP contribution in [0.25, 0.3) is 0 Å². The van der Waals surface area contributed by atoms with Crippen LogP contribution in [0.15, 0.2) is 0 Å². The molecule has 0 bridgehead atoms. The molecule has 532 valence electrons. The van der Waals surface area contributed by atoms with Crippen molar-refractivity contribution in [3.63, 3.8) is 0 Å². The quantitative estimate of drug-likeness (QED) is 0.116. The van der Waals surface area contributed by atoms with Gasteiger partial charge in [0.15, 0.2) is 0 Å². The van der Waals surface area contributed by atoms with Crippen molar-refractivity contribution in [3.8, 4) is 0 Å². The first-order valence-electron chi connectivity index (χ1n) is 41.0. The highest BCUT2D eigenvalue weighted by molar-refractivity contribution is 5.23. The molecule has 0 aromatic heterocycles. The van der Waals surface area contributed by atoms with Crippen molar-refractivity contribution in [2.75, 3.05) is 56.9 Å². The van der Waals surface area contributed by atoms with Gasteiger partial charge in [-0.15, -0.1) is 0 Å². The van der Waals surface area contributed by atoms with E-state index in [1.807, 2.05) is 56.9 Å². The normalized spacial score (nSPS) is 48.4. The number of fused-ring (bicyclic) bond motifs is 10. The molecule has 0 amide bonds. The molecule has 0 radical (unpaired) electrons. The molecule has 93 heavy (non-hydrogen) atoms. The maximum Gasteiger partial charge on any atom is 0.0572 e.